The van der Waals surface area contributed by atoms with Gasteiger partial charge in [0.05, 0.1) is 27.9 Å². The molecule has 92 valence electrons. The van der Waals surface area contributed by atoms with Gasteiger partial charge in [-0.15, -0.1) is 0 Å². The second kappa shape index (κ2) is 5.48. The lowest BCUT2D eigenvalue weighted by Gasteiger charge is -2.27. The summed E-state index contributed by atoms with van der Waals surface area (Å²) >= 11 is 3.07. The molecule has 0 aliphatic heterocycles. The quantitative estimate of drug-likeness (QED) is 0.928. The summed E-state index contributed by atoms with van der Waals surface area (Å²) in [6.07, 6.45) is 0. The zero-order valence-corrected chi connectivity index (χ0v) is 11.6. The Morgan fingerprint density at radius 1 is 1.53 bits per heavy atom. The zero-order chi connectivity index (χ0) is 13.1. The van der Waals surface area contributed by atoms with Gasteiger partial charge >= 0.3 is 0 Å². The molecule has 0 atom stereocenters. The molecule has 1 N–H and O–H groups in total. The van der Waals surface area contributed by atoms with E-state index in [0.29, 0.717) is 12.3 Å². The van der Waals surface area contributed by atoms with Crippen LogP contribution in [0.1, 0.15) is 19.4 Å². The molecule has 0 bridgehead atoms. The first-order chi connectivity index (χ1) is 7.91. The van der Waals surface area contributed by atoms with E-state index in [1.807, 2.05) is 19.9 Å². The van der Waals surface area contributed by atoms with Gasteiger partial charge < -0.3 is 10.1 Å². The normalized spacial score (nSPS) is 11.1. The molecular formula is C12H14BrFN2O. The second-order valence-corrected chi connectivity index (χ2v) is 5.14. The van der Waals surface area contributed by atoms with Crippen LogP contribution in [0.25, 0.3) is 0 Å². The number of nitrogens with one attached hydrogen (secondary N) is 1. The van der Waals surface area contributed by atoms with Crippen LogP contribution < -0.4 is 5.32 Å². The van der Waals surface area contributed by atoms with Crippen molar-refractivity contribution in [1.29, 1.82) is 5.26 Å². The van der Waals surface area contributed by atoms with Gasteiger partial charge in [-0.2, -0.15) is 5.26 Å². The molecule has 5 heteroatoms. The van der Waals surface area contributed by atoms with Crippen molar-refractivity contribution in [2.75, 3.05) is 19.0 Å². The van der Waals surface area contributed by atoms with Gasteiger partial charge in [0.1, 0.15) is 6.07 Å². The van der Waals surface area contributed by atoms with E-state index in [1.165, 1.54) is 0 Å². The minimum atomic E-state index is -0.465. The van der Waals surface area contributed by atoms with E-state index in [4.69, 9.17) is 10.00 Å². The number of benzene rings is 1. The average Bonchev–Trinajstić information content (AvgIpc) is 2.25. The summed E-state index contributed by atoms with van der Waals surface area (Å²) < 4.78 is 19.1. The molecule has 17 heavy (non-hydrogen) atoms. The zero-order valence-electron chi connectivity index (χ0n) is 9.97. The molecule has 0 aliphatic carbocycles. The van der Waals surface area contributed by atoms with Crippen molar-refractivity contribution >= 4 is 21.6 Å². The van der Waals surface area contributed by atoms with Crippen LogP contribution in [-0.4, -0.2) is 19.3 Å². The number of hydrogen-bond acceptors (Lipinski definition) is 3. The van der Waals surface area contributed by atoms with E-state index in [9.17, 15) is 4.39 Å². The smallest absolute Gasteiger partial charge is 0.161 e. The highest BCUT2D eigenvalue weighted by atomic mass is 79.9. The fourth-order valence-corrected chi connectivity index (χ4v) is 1.93. The Morgan fingerprint density at radius 3 is 2.71 bits per heavy atom. The Bertz CT molecular complexity index is 455. The molecule has 0 aliphatic rings. The third-order valence-electron chi connectivity index (χ3n) is 2.18. The summed E-state index contributed by atoms with van der Waals surface area (Å²) in [4.78, 5) is 0. The Hall–Kier alpha value is -1.12. The van der Waals surface area contributed by atoms with Crippen molar-refractivity contribution in [3.05, 3.63) is 28.0 Å². The van der Waals surface area contributed by atoms with Crippen LogP contribution in [-0.2, 0) is 4.74 Å². The standard InChI is InChI=1S/C12H14BrFN2O/c1-12(2,7-17-3)16-9-5-4-8(6-15)10(13)11(9)14/h4-5,16H,7H2,1-3H3. The molecule has 0 unspecified atom stereocenters. The molecule has 0 radical (unpaired) electrons. The fraction of sp³-hybridized carbons (Fsp3) is 0.417. The van der Waals surface area contributed by atoms with E-state index < -0.39 is 5.82 Å². The van der Waals surface area contributed by atoms with Crippen LogP contribution in [0.15, 0.2) is 16.6 Å². The minimum absolute atomic E-state index is 0.179. The lowest BCUT2D eigenvalue weighted by atomic mass is 10.1. The number of halogens is 2. The lowest BCUT2D eigenvalue weighted by molar-refractivity contribution is 0.158. The first-order valence-electron chi connectivity index (χ1n) is 5.06. The summed E-state index contributed by atoms with van der Waals surface area (Å²) in [7, 11) is 1.59. The Balaban J connectivity index is 3.02. The molecule has 0 heterocycles. The SMILES string of the molecule is COCC(C)(C)Nc1ccc(C#N)c(Br)c1F. The molecule has 3 nitrogen and oxygen atoms in total. The van der Waals surface area contributed by atoms with E-state index >= 15 is 0 Å². The summed E-state index contributed by atoms with van der Waals surface area (Å²) in [6, 6.07) is 5.03. The third kappa shape index (κ3) is 3.42. The summed E-state index contributed by atoms with van der Waals surface area (Å²) in [6.45, 7) is 4.26. The van der Waals surface area contributed by atoms with E-state index in [0.717, 1.165) is 0 Å². The second-order valence-electron chi connectivity index (χ2n) is 4.34. The number of rotatable bonds is 4. The maximum absolute atomic E-state index is 13.9. The molecular weight excluding hydrogens is 287 g/mol. The highest BCUT2D eigenvalue weighted by molar-refractivity contribution is 9.10. The number of ether oxygens (including phenoxy) is 1. The molecule has 0 aromatic heterocycles. The van der Waals surface area contributed by atoms with Crippen molar-refractivity contribution in [2.45, 2.75) is 19.4 Å². The third-order valence-corrected chi connectivity index (χ3v) is 2.96. The lowest BCUT2D eigenvalue weighted by Crippen LogP contribution is -2.36. The molecule has 0 amide bonds. The molecule has 0 saturated heterocycles. The first-order valence-corrected chi connectivity index (χ1v) is 5.86. The number of methoxy groups -OCH3 is 1. The van der Waals surface area contributed by atoms with Gasteiger partial charge in [-0.25, -0.2) is 4.39 Å². The largest absolute Gasteiger partial charge is 0.382 e. The number of nitrogens with zero attached hydrogens (tertiary/aromatic N) is 1. The van der Waals surface area contributed by atoms with Crippen molar-refractivity contribution < 1.29 is 9.13 Å². The Kier molecular flexibility index (Phi) is 4.49. The molecule has 1 rings (SSSR count). The molecule has 1 aromatic rings. The summed E-state index contributed by atoms with van der Waals surface area (Å²) in [5, 5.41) is 11.8. The van der Waals surface area contributed by atoms with Crippen LogP contribution in [0.2, 0.25) is 0 Å². The predicted molar refractivity (Wildman–Crippen MR) is 68.4 cm³/mol. The van der Waals surface area contributed by atoms with Gasteiger partial charge in [-0.3, -0.25) is 0 Å². The Morgan fingerprint density at radius 2 is 2.18 bits per heavy atom. The number of hydrogen-bond donors (Lipinski definition) is 1. The van der Waals surface area contributed by atoms with Crippen molar-refractivity contribution in [1.82, 2.24) is 0 Å². The number of anilines is 1. The van der Waals surface area contributed by atoms with Gasteiger partial charge in [0.15, 0.2) is 5.82 Å². The van der Waals surface area contributed by atoms with Crippen LogP contribution in [0.3, 0.4) is 0 Å². The summed E-state index contributed by atoms with van der Waals surface area (Å²) in [5.74, 6) is -0.465. The van der Waals surface area contributed by atoms with E-state index in [1.54, 1.807) is 19.2 Å². The van der Waals surface area contributed by atoms with Gasteiger partial charge in [0.2, 0.25) is 0 Å². The van der Waals surface area contributed by atoms with Gasteiger partial charge in [-0.1, -0.05) is 0 Å². The average molecular weight is 301 g/mol. The maximum atomic E-state index is 13.9. The van der Waals surface area contributed by atoms with Crippen molar-refractivity contribution in [3.63, 3.8) is 0 Å². The minimum Gasteiger partial charge on any atom is -0.382 e. The van der Waals surface area contributed by atoms with Crippen molar-refractivity contribution in [3.8, 4) is 6.07 Å². The molecule has 0 spiro atoms. The topological polar surface area (TPSA) is 45.0 Å². The van der Waals surface area contributed by atoms with Crippen LogP contribution in [0, 0.1) is 17.1 Å². The van der Waals surface area contributed by atoms with Crippen LogP contribution >= 0.6 is 15.9 Å². The maximum Gasteiger partial charge on any atom is 0.161 e. The van der Waals surface area contributed by atoms with E-state index in [2.05, 4.69) is 21.2 Å². The van der Waals surface area contributed by atoms with Crippen molar-refractivity contribution in [2.24, 2.45) is 0 Å². The van der Waals surface area contributed by atoms with Gasteiger partial charge in [-0.05, 0) is 41.9 Å². The summed E-state index contributed by atoms with van der Waals surface area (Å²) in [5.41, 5.74) is 0.235. The fourth-order valence-electron chi connectivity index (χ4n) is 1.49. The van der Waals surface area contributed by atoms with Gasteiger partial charge in [0.25, 0.3) is 0 Å². The molecule has 0 fully saturated rings. The van der Waals surface area contributed by atoms with E-state index in [-0.39, 0.29) is 15.6 Å². The molecule has 0 saturated carbocycles. The monoisotopic (exact) mass is 300 g/mol. The Labute approximate surface area is 109 Å². The van der Waals surface area contributed by atoms with Gasteiger partial charge in [0, 0.05) is 7.11 Å². The number of nitriles is 1. The van der Waals surface area contributed by atoms with Crippen LogP contribution in [0.5, 0.6) is 0 Å². The first kappa shape index (κ1) is 13.9. The highest BCUT2D eigenvalue weighted by Gasteiger charge is 2.20. The molecule has 1 aromatic carbocycles. The van der Waals surface area contributed by atoms with Crippen LogP contribution in [0.4, 0.5) is 10.1 Å². The highest BCUT2D eigenvalue weighted by Crippen LogP contribution is 2.28. The predicted octanol–water partition coefficient (Wildman–Crippen LogP) is 3.30.